The molecule has 0 bridgehead atoms. The second-order valence-corrected chi connectivity index (χ2v) is 3.03. The lowest BCUT2D eigenvalue weighted by atomic mass is 10.4. The molecule has 12 heavy (non-hydrogen) atoms. The van der Waals surface area contributed by atoms with Crippen LogP contribution in [0.2, 0.25) is 0 Å². The molecule has 66 valence electrons. The molecule has 0 spiro atoms. The quantitative estimate of drug-likeness (QED) is 0.667. The van der Waals surface area contributed by atoms with Crippen molar-refractivity contribution in [2.45, 2.75) is 6.42 Å². The average molecular weight is 185 g/mol. The molecule has 0 aliphatic heterocycles. The summed E-state index contributed by atoms with van der Waals surface area (Å²) in [5, 5.41) is 0. The van der Waals surface area contributed by atoms with Crippen molar-refractivity contribution in [3.8, 4) is 0 Å². The SMILES string of the molecule is CN(CCCCl)c1ccccn1. The summed E-state index contributed by atoms with van der Waals surface area (Å²) >= 11 is 5.59. The van der Waals surface area contributed by atoms with Crippen LogP contribution < -0.4 is 4.90 Å². The van der Waals surface area contributed by atoms with E-state index in [1.165, 1.54) is 0 Å². The molecule has 0 saturated carbocycles. The third-order valence-corrected chi connectivity index (χ3v) is 1.93. The Balaban J connectivity index is 2.48. The van der Waals surface area contributed by atoms with Crippen LogP contribution in [-0.2, 0) is 0 Å². The van der Waals surface area contributed by atoms with E-state index in [1.54, 1.807) is 6.20 Å². The van der Waals surface area contributed by atoms with Crippen LogP contribution in [0.5, 0.6) is 0 Å². The van der Waals surface area contributed by atoms with Gasteiger partial charge in [0.1, 0.15) is 5.82 Å². The van der Waals surface area contributed by atoms with Crippen LogP contribution in [0, 0.1) is 0 Å². The van der Waals surface area contributed by atoms with Crippen molar-refractivity contribution in [3.63, 3.8) is 0 Å². The minimum atomic E-state index is 0.706. The van der Waals surface area contributed by atoms with Crippen LogP contribution in [-0.4, -0.2) is 24.5 Å². The van der Waals surface area contributed by atoms with Crippen LogP contribution in [0.4, 0.5) is 5.82 Å². The Morgan fingerprint density at radius 3 is 2.92 bits per heavy atom. The molecular weight excluding hydrogens is 172 g/mol. The highest BCUT2D eigenvalue weighted by atomic mass is 35.5. The molecule has 0 aliphatic carbocycles. The van der Waals surface area contributed by atoms with E-state index in [1.807, 2.05) is 25.2 Å². The van der Waals surface area contributed by atoms with E-state index < -0.39 is 0 Å². The fourth-order valence-electron chi connectivity index (χ4n) is 0.991. The third-order valence-electron chi connectivity index (χ3n) is 1.67. The lowest BCUT2D eigenvalue weighted by Crippen LogP contribution is -2.19. The van der Waals surface area contributed by atoms with Gasteiger partial charge in [0.05, 0.1) is 0 Å². The molecule has 0 radical (unpaired) electrons. The summed E-state index contributed by atoms with van der Waals surface area (Å²) in [5.41, 5.74) is 0. The largest absolute Gasteiger partial charge is 0.360 e. The molecule has 0 fully saturated rings. The molecule has 2 nitrogen and oxygen atoms in total. The maximum atomic E-state index is 5.59. The number of aromatic nitrogens is 1. The van der Waals surface area contributed by atoms with Gasteiger partial charge in [-0.3, -0.25) is 0 Å². The van der Waals surface area contributed by atoms with Crippen LogP contribution >= 0.6 is 11.6 Å². The Bertz CT molecular complexity index is 213. The number of halogens is 1. The van der Waals surface area contributed by atoms with E-state index in [0.29, 0.717) is 5.88 Å². The first-order chi connectivity index (χ1) is 5.84. The zero-order valence-corrected chi connectivity index (χ0v) is 7.96. The molecule has 1 heterocycles. The third kappa shape index (κ3) is 2.70. The van der Waals surface area contributed by atoms with Gasteiger partial charge in [-0.1, -0.05) is 6.07 Å². The number of hydrogen-bond acceptors (Lipinski definition) is 2. The number of alkyl halides is 1. The van der Waals surface area contributed by atoms with Crippen molar-refractivity contribution in [1.82, 2.24) is 4.98 Å². The fourth-order valence-corrected chi connectivity index (χ4v) is 1.11. The van der Waals surface area contributed by atoms with E-state index >= 15 is 0 Å². The van der Waals surface area contributed by atoms with Gasteiger partial charge in [0.15, 0.2) is 0 Å². The van der Waals surface area contributed by atoms with Gasteiger partial charge in [0.2, 0.25) is 0 Å². The summed E-state index contributed by atoms with van der Waals surface area (Å²) in [4.78, 5) is 6.31. The van der Waals surface area contributed by atoms with E-state index in [2.05, 4.69) is 9.88 Å². The summed E-state index contributed by atoms with van der Waals surface area (Å²) in [6.45, 7) is 0.959. The lowest BCUT2D eigenvalue weighted by Gasteiger charge is -2.16. The fraction of sp³-hybridized carbons (Fsp3) is 0.444. The van der Waals surface area contributed by atoms with Gasteiger partial charge >= 0.3 is 0 Å². The van der Waals surface area contributed by atoms with Crippen LogP contribution in [0.3, 0.4) is 0 Å². The summed E-state index contributed by atoms with van der Waals surface area (Å²) in [5.74, 6) is 1.71. The molecule has 0 aliphatic rings. The number of pyridine rings is 1. The summed E-state index contributed by atoms with van der Waals surface area (Å²) in [6.07, 6.45) is 2.79. The van der Waals surface area contributed by atoms with Crippen molar-refractivity contribution < 1.29 is 0 Å². The van der Waals surface area contributed by atoms with E-state index in [-0.39, 0.29) is 0 Å². The van der Waals surface area contributed by atoms with Crippen LogP contribution in [0.1, 0.15) is 6.42 Å². The maximum Gasteiger partial charge on any atom is 0.128 e. The van der Waals surface area contributed by atoms with Crippen LogP contribution in [0.15, 0.2) is 24.4 Å². The Kier molecular flexibility index (Phi) is 3.88. The Labute approximate surface area is 78.2 Å². The lowest BCUT2D eigenvalue weighted by molar-refractivity contribution is 0.842. The molecule has 0 N–H and O–H groups in total. The Hall–Kier alpha value is -0.760. The van der Waals surface area contributed by atoms with Crippen molar-refractivity contribution >= 4 is 17.4 Å². The summed E-state index contributed by atoms with van der Waals surface area (Å²) in [7, 11) is 2.02. The van der Waals surface area contributed by atoms with Gasteiger partial charge < -0.3 is 4.90 Å². The smallest absolute Gasteiger partial charge is 0.128 e. The topological polar surface area (TPSA) is 16.1 Å². The average Bonchev–Trinajstić information content (AvgIpc) is 2.15. The van der Waals surface area contributed by atoms with Crippen molar-refractivity contribution in [2.24, 2.45) is 0 Å². The Morgan fingerprint density at radius 1 is 1.50 bits per heavy atom. The summed E-state index contributed by atoms with van der Waals surface area (Å²) < 4.78 is 0. The van der Waals surface area contributed by atoms with Crippen molar-refractivity contribution in [2.75, 3.05) is 24.4 Å². The molecule has 0 saturated heterocycles. The highest BCUT2D eigenvalue weighted by Crippen LogP contribution is 2.06. The molecule has 0 atom stereocenters. The number of anilines is 1. The van der Waals surface area contributed by atoms with Gasteiger partial charge in [0.25, 0.3) is 0 Å². The van der Waals surface area contributed by atoms with Crippen molar-refractivity contribution in [3.05, 3.63) is 24.4 Å². The van der Waals surface area contributed by atoms with Gasteiger partial charge in [-0.25, -0.2) is 4.98 Å². The summed E-state index contributed by atoms with van der Waals surface area (Å²) in [6, 6.07) is 5.90. The molecule has 1 aromatic heterocycles. The molecule has 0 aromatic carbocycles. The minimum Gasteiger partial charge on any atom is -0.360 e. The normalized spacial score (nSPS) is 9.83. The maximum absolute atomic E-state index is 5.59. The monoisotopic (exact) mass is 184 g/mol. The van der Waals surface area contributed by atoms with Gasteiger partial charge in [-0.15, -0.1) is 11.6 Å². The van der Waals surface area contributed by atoms with Gasteiger partial charge in [-0.05, 0) is 18.6 Å². The zero-order valence-electron chi connectivity index (χ0n) is 7.20. The first kappa shape index (κ1) is 9.33. The number of nitrogens with zero attached hydrogens (tertiary/aromatic N) is 2. The number of rotatable bonds is 4. The van der Waals surface area contributed by atoms with Crippen LogP contribution in [0.25, 0.3) is 0 Å². The second-order valence-electron chi connectivity index (χ2n) is 2.65. The second kappa shape index (κ2) is 4.99. The molecular formula is C9H13ClN2. The molecule has 0 unspecified atom stereocenters. The molecule has 0 amide bonds. The first-order valence-corrected chi connectivity index (χ1v) is 4.56. The van der Waals surface area contributed by atoms with E-state index in [9.17, 15) is 0 Å². The standard InChI is InChI=1S/C9H13ClN2/c1-12(8-4-6-10)9-5-2-3-7-11-9/h2-3,5,7H,4,6,8H2,1H3. The van der Waals surface area contributed by atoms with Crippen molar-refractivity contribution in [1.29, 1.82) is 0 Å². The van der Waals surface area contributed by atoms with E-state index in [4.69, 9.17) is 11.6 Å². The Morgan fingerprint density at radius 2 is 2.33 bits per heavy atom. The number of hydrogen-bond donors (Lipinski definition) is 0. The highest BCUT2D eigenvalue weighted by Gasteiger charge is 1.98. The van der Waals surface area contributed by atoms with E-state index in [0.717, 1.165) is 18.8 Å². The predicted molar refractivity (Wildman–Crippen MR) is 52.8 cm³/mol. The molecule has 3 heteroatoms. The highest BCUT2D eigenvalue weighted by molar-refractivity contribution is 6.17. The predicted octanol–water partition coefficient (Wildman–Crippen LogP) is 2.15. The van der Waals surface area contributed by atoms with Gasteiger partial charge in [0, 0.05) is 25.7 Å². The first-order valence-electron chi connectivity index (χ1n) is 4.02. The zero-order chi connectivity index (χ0) is 8.81. The minimum absolute atomic E-state index is 0.706. The molecule has 1 aromatic rings. The molecule has 1 rings (SSSR count). The van der Waals surface area contributed by atoms with Gasteiger partial charge in [-0.2, -0.15) is 0 Å².